The van der Waals surface area contributed by atoms with Crippen LogP contribution in [-0.2, 0) is 87.8 Å². The minimum atomic E-state index is -1.24. The number of carbonyl (C=O) groups is 7. The number of guanidine groups is 5. The number of aromatic nitrogens is 3. The number of rotatable bonds is 18. The number of urea groups is 1. The van der Waals surface area contributed by atoms with Crippen molar-refractivity contribution in [2.75, 3.05) is 31.8 Å². The second-order valence-electron chi connectivity index (χ2n) is 33.9. The van der Waals surface area contributed by atoms with Gasteiger partial charge in [-0.3, -0.25) is 53.3 Å². The zero-order chi connectivity index (χ0) is 95.7. The van der Waals surface area contributed by atoms with E-state index in [0.29, 0.717) is 53.1 Å². The molecule has 7 aliphatic rings. The normalized spacial score (nSPS) is 20.0. The topological polar surface area (TPSA) is 459 Å². The van der Waals surface area contributed by atoms with Crippen LogP contribution in [0, 0.1) is 28.5 Å². The van der Waals surface area contributed by atoms with Crippen molar-refractivity contribution in [2.45, 2.75) is 131 Å². The van der Waals surface area contributed by atoms with E-state index in [-0.39, 0.29) is 90.3 Å². The zero-order valence-electron chi connectivity index (χ0n) is 74.5. The first-order valence-corrected chi connectivity index (χ1v) is 45.0. The van der Waals surface area contributed by atoms with Crippen molar-refractivity contribution < 1.29 is 42.2 Å². The van der Waals surface area contributed by atoms with Crippen LogP contribution in [0.3, 0.4) is 0 Å². The van der Waals surface area contributed by atoms with Gasteiger partial charge >= 0.3 is 6.03 Å². The van der Waals surface area contributed by atoms with Crippen LogP contribution in [0.15, 0.2) is 278 Å². The molecule has 0 spiro atoms. The summed E-state index contributed by atoms with van der Waals surface area (Å²) in [5, 5.41) is 34.9. The number of hydrogen-bond donors (Lipinski definition) is 8. The number of amides is 8. The Balaban J connectivity index is 0.000000136. The number of anilines is 2. The number of carbonyl (C=O) groups excluding carboxylic acids is 7. The number of nitrogens with zero attached hydrogens (tertiary/aromatic N) is 15. The Morgan fingerprint density at radius 3 is 1.78 bits per heavy atom. The summed E-state index contributed by atoms with van der Waals surface area (Å²) in [5.74, 6) is -0.0448. The van der Waals surface area contributed by atoms with Crippen molar-refractivity contribution >= 4 is 122 Å². The number of thiophene rings is 1. The Morgan fingerprint density at radius 1 is 0.575 bits per heavy atom. The molecule has 8 amide bonds. The predicted octanol–water partition coefficient (Wildman–Crippen LogP) is 12.7. The molecule has 18 rings (SSSR count). The maximum Gasteiger partial charge on any atom is 0.319 e. The van der Waals surface area contributed by atoms with Gasteiger partial charge in [0, 0.05) is 72.3 Å². The second-order valence-corrected chi connectivity index (χ2v) is 36.7. The van der Waals surface area contributed by atoms with E-state index in [9.17, 15) is 47.4 Å². The molecule has 5 atom stereocenters. The first kappa shape index (κ1) is 94.5. The van der Waals surface area contributed by atoms with E-state index in [0.717, 1.165) is 65.4 Å². The largest absolute Gasteiger partial charge is 0.369 e. The van der Waals surface area contributed by atoms with Gasteiger partial charge in [-0.15, -0.1) is 11.3 Å². The van der Waals surface area contributed by atoms with Crippen molar-refractivity contribution in [3.8, 4) is 17.8 Å². The number of hydrogen-bond acceptors (Lipinski definition) is 23. The first-order chi connectivity index (χ1) is 64.0. The van der Waals surface area contributed by atoms with E-state index in [4.69, 9.17) is 50.5 Å². The lowest BCUT2D eigenvalue weighted by molar-refractivity contribution is -0.131. The summed E-state index contributed by atoms with van der Waals surface area (Å²) >= 11 is 7.59. The molecule has 134 heavy (non-hydrogen) atoms. The number of nitriles is 2. The highest BCUT2D eigenvalue weighted by Crippen LogP contribution is 2.47. The molecule has 31 nitrogen and oxygen atoms in total. The molecule has 0 bridgehead atoms. The molecular formula is C99H97ClFN23O8S2. The Bertz CT molecular complexity index is 6650. The Morgan fingerprint density at radius 2 is 1.18 bits per heavy atom. The maximum absolute atomic E-state index is 13.9. The van der Waals surface area contributed by atoms with Crippen molar-refractivity contribution in [3.05, 3.63) is 336 Å². The Labute approximate surface area is 784 Å². The third-order valence-electron chi connectivity index (χ3n) is 23.8. The van der Waals surface area contributed by atoms with E-state index >= 15 is 0 Å². The van der Waals surface area contributed by atoms with Gasteiger partial charge in [-0.2, -0.15) is 15.6 Å². The fraction of sp³-hybridized carbons (Fsp3) is 0.232. The van der Waals surface area contributed by atoms with Gasteiger partial charge in [-0.25, -0.2) is 48.0 Å². The quantitative estimate of drug-likeness (QED) is 0.0395. The molecule has 13 N–H and O–H groups in total. The highest BCUT2D eigenvalue weighted by Gasteiger charge is 2.52. The van der Waals surface area contributed by atoms with Crippen molar-refractivity contribution in [2.24, 2.45) is 53.6 Å². The molecule has 6 aliphatic heterocycles. The highest BCUT2D eigenvalue weighted by atomic mass is 35.5. The van der Waals surface area contributed by atoms with Crippen LogP contribution < -0.4 is 44.6 Å². The molecule has 1 saturated carbocycles. The van der Waals surface area contributed by atoms with Crippen LogP contribution in [0.25, 0.3) is 11.8 Å². The number of fused-ring (bicyclic) bond motifs is 1. The summed E-state index contributed by atoms with van der Waals surface area (Å²) in [6.07, 6.45) is 10.1. The van der Waals surface area contributed by atoms with Crippen LogP contribution in [0.1, 0.15) is 149 Å². The summed E-state index contributed by atoms with van der Waals surface area (Å²) in [4.78, 5) is 123. The molecular weight excluding hydrogens is 1760 g/mol. The molecule has 11 aromatic rings. The van der Waals surface area contributed by atoms with Gasteiger partial charge in [0.25, 0.3) is 11.8 Å². The second kappa shape index (κ2) is 39.6. The van der Waals surface area contributed by atoms with E-state index in [1.54, 1.807) is 111 Å². The third kappa shape index (κ3) is 21.0. The summed E-state index contributed by atoms with van der Waals surface area (Å²) < 4.78 is 26.4. The predicted molar refractivity (Wildman–Crippen MR) is 514 cm³/mol. The summed E-state index contributed by atoms with van der Waals surface area (Å²) in [6.45, 7) is 9.96. The molecule has 1 aliphatic carbocycles. The lowest BCUT2D eigenvalue weighted by Gasteiger charge is -2.40. The van der Waals surface area contributed by atoms with Gasteiger partial charge in [-0.05, 0) is 199 Å². The molecule has 0 radical (unpaired) electrons. The lowest BCUT2D eigenvalue weighted by atomic mass is 9.74. The van der Waals surface area contributed by atoms with Crippen molar-refractivity contribution in [1.82, 2.24) is 44.6 Å². The minimum absolute atomic E-state index is 0.0559. The minimum Gasteiger partial charge on any atom is -0.369 e. The standard InChI is InChI=1S/C28H24N4O2S.C21H21N5O.C20H22FN5O2.C16H15ClN6O.C14H15N3O2S/c29-27-31-28(21-10-3-1-4-11-21,22-12-5-2-6-13-22)26(34)32(27)19-20-9-7-14-23(17-20)30-25(33)18-24-15-8-16-35-24;1-21(16-9-10-24-17(11-16)12-22)18(19(27)26(2)20(23)25-21)15-7-5-14(6-8-15)13-3-4-13;1-20(2)17(27)26(18(22)25-20)12-14-8-6-13(7-9-14)11-23-19(28)24-16-5-3-4-15(21)10-16;1-16(6-14(24)22(2)15(19)21-16)11-8-20-23(9-11)13-4-10(7-18)3-12(17)5-13;1-14(8-12(18)17(2)13(15)16-14)10-3-4-11-9(7-10)5-6-20(11)19/h1-17H,18-19H2,(H2,29,31)(H,30,33);5-11,13,18H,3-4H2,1-2H3,(H2,23,25);3-10H,11-12H2,1-2H3,(H2,22,25)(H2,23,24,28);3-5,8-9H,6H2,1-2H3,(H2,19,21);3-7H,8H2,1-2H3,(H2,15,16)/t;18-,21-;;16-;14-,20?/m.1.00/s1. The van der Waals surface area contributed by atoms with Crippen LogP contribution >= 0.6 is 22.9 Å². The fourth-order valence-corrected chi connectivity index (χ4v) is 18.0. The van der Waals surface area contributed by atoms with E-state index < -0.39 is 56.3 Å². The molecule has 9 heterocycles. The average molecular weight is 1860 g/mol. The molecule has 1 fully saturated rings. The Kier molecular flexibility index (Phi) is 27.9. The van der Waals surface area contributed by atoms with Crippen LogP contribution in [0.2, 0.25) is 5.02 Å². The van der Waals surface area contributed by atoms with Crippen LogP contribution in [0.5, 0.6) is 0 Å². The molecule has 682 valence electrons. The number of halogens is 2. The molecule has 1 unspecified atom stereocenters. The number of pyridine rings is 1. The smallest absolute Gasteiger partial charge is 0.319 e. The Hall–Kier alpha value is -15.7. The fourth-order valence-electron chi connectivity index (χ4n) is 16.1. The van der Waals surface area contributed by atoms with Gasteiger partial charge in [0.15, 0.2) is 35.3 Å². The molecule has 0 saturated heterocycles. The third-order valence-corrected chi connectivity index (χ3v) is 26.0. The van der Waals surface area contributed by atoms with Gasteiger partial charge in [0.2, 0.25) is 23.6 Å². The molecule has 8 aromatic carbocycles. The van der Waals surface area contributed by atoms with Gasteiger partial charge in [0.1, 0.15) is 28.7 Å². The lowest BCUT2D eigenvalue weighted by Crippen LogP contribution is -2.52. The highest BCUT2D eigenvalue weighted by molar-refractivity contribution is 7.88. The monoisotopic (exact) mass is 1850 g/mol. The van der Waals surface area contributed by atoms with Gasteiger partial charge < -0.3 is 44.6 Å². The van der Waals surface area contributed by atoms with Crippen LogP contribution in [-0.4, -0.2) is 141 Å². The number of aliphatic imine (C=N–C) groups is 5. The summed E-state index contributed by atoms with van der Waals surface area (Å²) in [5.41, 5.74) is 37.6. The summed E-state index contributed by atoms with van der Waals surface area (Å²) in [6, 6.07) is 69.4. The van der Waals surface area contributed by atoms with Crippen molar-refractivity contribution in [1.29, 1.82) is 10.5 Å². The van der Waals surface area contributed by atoms with Crippen molar-refractivity contribution in [3.63, 3.8) is 0 Å². The molecule has 35 heteroatoms. The molecule has 3 aromatic heterocycles. The summed E-state index contributed by atoms with van der Waals surface area (Å²) in [7, 11) is 3.80. The van der Waals surface area contributed by atoms with E-state index in [1.165, 1.54) is 61.1 Å². The number of nitrogens with one attached hydrogen (secondary N) is 3. The first-order valence-electron chi connectivity index (χ1n) is 42.5. The number of nitrogens with two attached hydrogens (primary N) is 5. The average Bonchev–Trinajstić information content (AvgIpc) is 1.44. The number of benzene rings is 8. The van der Waals surface area contributed by atoms with Gasteiger partial charge in [0.05, 0.1) is 88.6 Å². The van der Waals surface area contributed by atoms with E-state index in [1.807, 2.05) is 184 Å². The SMILES string of the molecule is CC1(C)N=C(N)N(Cc2ccc(CNC(=O)Nc3cccc(F)c3)cc2)C1=O.CN1C(=O)C[C@@](C)(c2ccc3c(c2)C=CS3=O)N=C1N.CN1C(=O)C[C@@](C)(c2cnn(-c3cc(Cl)cc(C#N)c3)c2)N=C1N.CN1C(=O)[C@@H](c2ccc(C3CC3)cc2)[C@@](C)(c2ccnc(C#N)c2)N=C1N.NC1=NC(c2ccccc2)(c2ccccc2)C(=O)N1Cc1cccc(NC(=O)Cc2cccs2)c1. The van der Waals surface area contributed by atoms with E-state index in [2.05, 4.69) is 70.3 Å². The number of likely N-dealkylation sites (N-methyl/N-ethyl adjacent to an activating group) is 1. The zero-order valence-corrected chi connectivity index (χ0v) is 76.9. The van der Waals surface area contributed by atoms with Crippen LogP contribution in [0.4, 0.5) is 20.6 Å². The van der Waals surface area contributed by atoms with Gasteiger partial charge in [-0.1, -0.05) is 151 Å². The maximum atomic E-state index is 13.9.